The van der Waals surface area contributed by atoms with E-state index < -0.39 is 0 Å². The van der Waals surface area contributed by atoms with Crippen LogP contribution >= 0.6 is 12.4 Å². The maximum Gasteiger partial charge on any atom is 0.291 e. The number of nitrogens with one attached hydrogen (secondary N) is 3. The van der Waals surface area contributed by atoms with Crippen molar-refractivity contribution in [3.8, 4) is 0 Å². The molecular formula is C18H24ClN3O4. The van der Waals surface area contributed by atoms with Crippen molar-refractivity contribution in [2.24, 2.45) is 0 Å². The van der Waals surface area contributed by atoms with E-state index in [-0.39, 0.29) is 30.0 Å². The fraction of sp³-hybridized carbons (Fsp3) is 0.333. The highest BCUT2D eigenvalue weighted by Crippen LogP contribution is 2.18. The minimum Gasteiger partial charge on any atom is -0.459 e. The third-order valence-electron chi connectivity index (χ3n) is 3.56. The van der Waals surface area contributed by atoms with E-state index in [0.717, 1.165) is 12.1 Å². The van der Waals surface area contributed by atoms with E-state index >= 15 is 0 Å². The molecule has 0 radical (unpaired) electrons. The molecule has 0 saturated carbocycles. The Labute approximate surface area is 158 Å². The number of rotatable bonds is 9. The molecule has 0 spiro atoms. The van der Waals surface area contributed by atoms with Crippen molar-refractivity contribution in [2.75, 3.05) is 38.7 Å². The lowest BCUT2D eigenvalue weighted by molar-refractivity contribution is 0.0951. The number of hydrogen-bond acceptors (Lipinski definition) is 5. The van der Waals surface area contributed by atoms with Crippen LogP contribution in [0.25, 0.3) is 0 Å². The van der Waals surface area contributed by atoms with Crippen LogP contribution in [-0.2, 0) is 4.74 Å². The van der Waals surface area contributed by atoms with Crippen LogP contribution in [0.5, 0.6) is 0 Å². The summed E-state index contributed by atoms with van der Waals surface area (Å²) in [6, 6.07) is 8.41. The van der Waals surface area contributed by atoms with Crippen LogP contribution in [0.15, 0.2) is 41.0 Å². The second-order valence-electron chi connectivity index (χ2n) is 5.46. The molecular weight excluding hydrogens is 358 g/mol. The average Bonchev–Trinajstić information content (AvgIpc) is 3.14. The number of amides is 2. The molecule has 0 atom stereocenters. The molecule has 0 bridgehead atoms. The second-order valence-corrected chi connectivity index (χ2v) is 5.46. The number of halogens is 1. The van der Waals surface area contributed by atoms with Gasteiger partial charge in [-0.15, -0.1) is 12.4 Å². The summed E-state index contributed by atoms with van der Waals surface area (Å²) in [4.78, 5) is 24.3. The second kappa shape index (κ2) is 11.3. The third kappa shape index (κ3) is 6.51. The van der Waals surface area contributed by atoms with Crippen LogP contribution in [-0.4, -0.2) is 45.2 Å². The van der Waals surface area contributed by atoms with Gasteiger partial charge >= 0.3 is 0 Å². The Hall–Kier alpha value is -2.35. The lowest BCUT2D eigenvalue weighted by Crippen LogP contribution is -2.33. The predicted molar refractivity (Wildman–Crippen MR) is 102 cm³/mol. The van der Waals surface area contributed by atoms with Crippen LogP contribution in [0, 0.1) is 6.92 Å². The number of hydrogen-bond donors (Lipinski definition) is 3. The van der Waals surface area contributed by atoms with Crippen molar-refractivity contribution in [1.82, 2.24) is 10.6 Å². The van der Waals surface area contributed by atoms with Gasteiger partial charge in [0.2, 0.25) is 0 Å². The lowest BCUT2D eigenvalue weighted by Gasteiger charge is -2.11. The Morgan fingerprint density at radius 1 is 1.12 bits per heavy atom. The van der Waals surface area contributed by atoms with Gasteiger partial charge in [0.25, 0.3) is 11.8 Å². The quantitative estimate of drug-likeness (QED) is 0.579. The fourth-order valence-corrected chi connectivity index (χ4v) is 2.16. The highest BCUT2D eigenvalue weighted by Gasteiger charge is 2.12. The van der Waals surface area contributed by atoms with Crippen LogP contribution in [0.1, 0.15) is 26.5 Å². The molecule has 1 heterocycles. The van der Waals surface area contributed by atoms with Crippen molar-refractivity contribution >= 4 is 29.9 Å². The summed E-state index contributed by atoms with van der Waals surface area (Å²) in [6.07, 6.45) is 1.44. The largest absolute Gasteiger partial charge is 0.459 e. The zero-order chi connectivity index (χ0) is 18.1. The van der Waals surface area contributed by atoms with Crippen molar-refractivity contribution < 1.29 is 18.7 Å². The van der Waals surface area contributed by atoms with Gasteiger partial charge in [0.15, 0.2) is 5.76 Å². The van der Waals surface area contributed by atoms with E-state index in [9.17, 15) is 9.59 Å². The molecule has 8 heteroatoms. The van der Waals surface area contributed by atoms with Gasteiger partial charge in [-0.2, -0.15) is 0 Å². The summed E-state index contributed by atoms with van der Waals surface area (Å²) >= 11 is 0. The fourth-order valence-electron chi connectivity index (χ4n) is 2.16. The zero-order valence-corrected chi connectivity index (χ0v) is 15.7. The Bertz CT molecular complexity index is 704. The number of carbonyl (C=O) groups is 2. The van der Waals surface area contributed by atoms with Crippen molar-refractivity contribution in [2.45, 2.75) is 6.92 Å². The van der Waals surface area contributed by atoms with Crippen molar-refractivity contribution in [1.29, 1.82) is 0 Å². The van der Waals surface area contributed by atoms with Crippen molar-refractivity contribution in [3.05, 3.63) is 53.5 Å². The van der Waals surface area contributed by atoms with Gasteiger partial charge in [0.05, 0.1) is 12.9 Å². The van der Waals surface area contributed by atoms with Gasteiger partial charge < -0.3 is 25.1 Å². The van der Waals surface area contributed by atoms with Crippen LogP contribution in [0.3, 0.4) is 0 Å². The maximum atomic E-state index is 12.2. The Balaban J connectivity index is 0.00000338. The van der Waals surface area contributed by atoms with Crippen LogP contribution < -0.4 is 16.0 Å². The number of aryl methyl sites for hydroxylation is 1. The predicted octanol–water partition coefficient (Wildman–Crippen LogP) is 2.23. The third-order valence-corrected chi connectivity index (χ3v) is 3.56. The van der Waals surface area contributed by atoms with Gasteiger partial charge in [-0.25, -0.2) is 0 Å². The summed E-state index contributed by atoms with van der Waals surface area (Å²) in [6.45, 7) is 4.39. The Morgan fingerprint density at radius 2 is 1.92 bits per heavy atom. The molecule has 7 nitrogen and oxygen atoms in total. The normalized spacial score (nSPS) is 10.1. The van der Waals surface area contributed by atoms with Gasteiger partial charge in [-0.05, 0) is 36.8 Å². The van der Waals surface area contributed by atoms with Crippen LogP contribution in [0.2, 0.25) is 0 Å². The van der Waals surface area contributed by atoms with E-state index in [4.69, 9.17) is 9.15 Å². The number of benzene rings is 1. The summed E-state index contributed by atoms with van der Waals surface area (Å²) < 4.78 is 10.0. The summed E-state index contributed by atoms with van der Waals surface area (Å²) in [7, 11) is 1.64. The topological polar surface area (TPSA) is 92.6 Å². The molecule has 142 valence electrons. The average molecular weight is 382 g/mol. The molecule has 2 rings (SSSR count). The van der Waals surface area contributed by atoms with Crippen LogP contribution in [0.4, 0.5) is 5.69 Å². The Kier molecular flexibility index (Phi) is 9.43. The first-order valence-electron chi connectivity index (χ1n) is 8.05. The molecule has 0 aliphatic heterocycles. The summed E-state index contributed by atoms with van der Waals surface area (Å²) in [5.41, 5.74) is 1.92. The first-order valence-corrected chi connectivity index (χ1v) is 8.05. The maximum absolute atomic E-state index is 12.2. The SMILES string of the molecule is COCCNCCNC(=O)c1ccc(C)c(NC(=O)c2ccco2)c1.Cl. The first kappa shape index (κ1) is 21.7. The van der Waals surface area contributed by atoms with Gasteiger partial charge in [0.1, 0.15) is 0 Å². The molecule has 2 aromatic rings. The standard InChI is InChI=1S/C18H23N3O4.ClH/c1-13-5-6-14(17(22)20-8-7-19-9-11-24-2)12-15(13)21-18(23)16-4-3-10-25-16;/h3-6,10,12,19H,7-9,11H2,1-2H3,(H,20,22)(H,21,23);1H. The number of methoxy groups -OCH3 is 1. The number of carbonyl (C=O) groups excluding carboxylic acids is 2. The summed E-state index contributed by atoms with van der Waals surface area (Å²) in [5.74, 6) is -0.327. The molecule has 0 fully saturated rings. The minimum absolute atomic E-state index is 0. The van der Waals surface area contributed by atoms with Gasteiger partial charge in [-0.3, -0.25) is 9.59 Å². The molecule has 1 aromatic carbocycles. The molecule has 0 saturated heterocycles. The van der Waals surface area contributed by atoms with E-state index in [1.54, 1.807) is 37.4 Å². The van der Waals surface area contributed by atoms with Crippen molar-refractivity contribution in [3.63, 3.8) is 0 Å². The molecule has 0 unspecified atom stereocenters. The molecule has 0 aliphatic rings. The number of anilines is 1. The van der Waals surface area contributed by atoms with E-state index in [1.807, 2.05) is 6.92 Å². The molecule has 3 N–H and O–H groups in total. The highest BCUT2D eigenvalue weighted by molar-refractivity contribution is 6.03. The summed E-state index contributed by atoms with van der Waals surface area (Å²) in [5, 5.41) is 8.74. The monoisotopic (exact) mass is 381 g/mol. The lowest BCUT2D eigenvalue weighted by atomic mass is 10.1. The molecule has 2 amide bonds. The Morgan fingerprint density at radius 3 is 2.62 bits per heavy atom. The molecule has 26 heavy (non-hydrogen) atoms. The van der Waals surface area contributed by atoms with E-state index in [1.165, 1.54) is 6.26 Å². The van der Waals surface area contributed by atoms with E-state index in [0.29, 0.717) is 30.9 Å². The number of ether oxygens (including phenoxy) is 1. The van der Waals surface area contributed by atoms with Gasteiger partial charge in [0, 0.05) is 38.0 Å². The highest BCUT2D eigenvalue weighted by atomic mass is 35.5. The number of furan rings is 1. The zero-order valence-electron chi connectivity index (χ0n) is 14.8. The van der Waals surface area contributed by atoms with E-state index in [2.05, 4.69) is 16.0 Å². The molecule has 0 aliphatic carbocycles. The molecule has 1 aromatic heterocycles. The first-order chi connectivity index (χ1) is 12.1. The smallest absolute Gasteiger partial charge is 0.291 e. The minimum atomic E-state index is -0.354. The van der Waals surface area contributed by atoms with Gasteiger partial charge in [-0.1, -0.05) is 6.07 Å².